The highest BCUT2D eigenvalue weighted by atomic mass is 35.5. The number of nitrogens with two attached hydrogens (primary N) is 1. The second-order valence-corrected chi connectivity index (χ2v) is 7.43. The van der Waals surface area contributed by atoms with E-state index in [1.54, 1.807) is 20.1 Å². The van der Waals surface area contributed by atoms with Crippen LogP contribution in [-0.4, -0.2) is 39.5 Å². The van der Waals surface area contributed by atoms with Crippen molar-refractivity contribution in [1.82, 2.24) is 4.31 Å². The van der Waals surface area contributed by atoms with Gasteiger partial charge in [-0.3, -0.25) is 0 Å². The molecule has 1 atom stereocenters. The van der Waals surface area contributed by atoms with E-state index in [-0.39, 0.29) is 10.8 Å². The molecule has 0 radical (unpaired) electrons. The van der Waals surface area contributed by atoms with Crippen molar-refractivity contribution in [3.05, 3.63) is 22.7 Å². The standard InChI is InChI=1S/C13H19ClN2O3S/c1-9-12(15)5-11(14)6-13(9)20(17,18)16-4-3-10(7-16)8-19-2/h5-6,10H,3-4,7-8,15H2,1-2H3. The van der Waals surface area contributed by atoms with Crippen LogP contribution in [0.5, 0.6) is 0 Å². The van der Waals surface area contributed by atoms with Crippen LogP contribution in [0.3, 0.4) is 0 Å². The van der Waals surface area contributed by atoms with Gasteiger partial charge in [0.15, 0.2) is 0 Å². The number of anilines is 1. The smallest absolute Gasteiger partial charge is 0.243 e. The minimum atomic E-state index is -3.55. The predicted octanol–water partition coefficient (Wildman–Crippen LogP) is 1.89. The van der Waals surface area contributed by atoms with Crippen LogP contribution in [0.4, 0.5) is 5.69 Å². The molecule has 1 saturated heterocycles. The van der Waals surface area contributed by atoms with Gasteiger partial charge >= 0.3 is 0 Å². The summed E-state index contributed by atoms with van der Waals surface area (Å²) in [7, 11) is -1.93. The van der Waals surface area contributed by atoms with Crippen LogP contribution >= 0.6 is 11.6 Å². The fourth-order valence-electron chi connectivity index (χ4n) is 2.47. The van der Waals surface area contributed by atoms with Gasteiger partial charge in [-0.1, -0.05) is 11.6 Å². The van der Waals surface area contributed by atoms with Crippen molar-refractivity contribution < 1.29 is 13.2 Å². The largest absolute Gasteiger partial charge is 0.398 e. The summed E-state index contributed by atoms with van der Waals surface area (Å²) in [6.45, 7) is 3.24. The Kier molecular flexibility index (Phi) is 4.59. The highest BCUT2D eigenvalue weighted by molar-refractivity contribution is 7.89. The first-order valence-corrected chi connectivity index (χ1v) is 8.22. The molecular weight excluding hydrogens is 300 g/mol. The molecular formula is C13H19ClN2O3S. The van der Waals surface area contributed by atoms with Crippen LogP contribution in [0.1, 0.15) is 12.0 Å². The SMILES string of the molecule is COCC1CCN(S(=O)(=O)c2cc(Cl)cc(N)c2C)C1. The van der Waals surface area contributed by atoms with E-state index in [1.807, 2.05) is 0 Å². The van der Waals surface area contributed by atoms with Crippen molar-refractivity contribution >= 4 is 27.3 Å². The van der Waals surface area contributed by atoms with Crippen molar-refractivity contribution in [3.63, 3.8) is 0 Å². The van der Waals surface area contributed by atoms with E-state index in [4.69, 9.17) is 22.1 Å². The predicted molar refractivity (Wildman–Crippen MR) is 79.3 cm³/mol. The molecule has 0 bridgehead atoms. The maximum Gasteiger partial charge on any atom is 0.243 e. The Morgan fingerprint density at radius 2 is 2.20 bits per heavy atom. The molecule has 0 saturated carbocycles. The Labute approximate surface area is 124 Å². The van der Waals surface area contributed by atoms with E-state index in [1.165, 1.54) is 10.4 Å². The first-order valence-electron chi connectivity index (χ1n) is 6.41. The van der Waals surface area contributed by atoms with Gasteiger partial charge in [0.2, 0.25) is 10.0 Å². The van der Waals surface area contributed by atoms with Gasteiger partial charge in [0.05, 0.1) is 11.5 Å². The second-order valence-electron chi connectivity index (χ2n) is 5.09. The van der Waals surface area contributed by atoms with E-state index in [0.717, 1.165) is 6.42 Å². The number of rotatable bonds is 4. The highest BCUT2D eigenvalue weighted by Gasteiger charge is 2.33. The molecule has 1 aromatic carbocycles. The fourth-order valence-corrected chi connectivity index (χ4v) is 4.57. The third kappa shape index (κ3) is 2.93. The summed E-state index contributed by atoms with van der Waals surface area (Å²) in [5.41, 5.74) is 6.74. The summed E-state index contributed by atoms with van der Waals surface area (Å²) in [6.07, 6.45) is 0.808. The van der Waals surface area contributed by atoms with Crippen LogP contribution in [-0.2, 0) is 14.8 Å². The molecule has 1 aliphatic rings. The number of hydrogen-bond acceptors (Lipinski definition) is 4. The van der Waals surface area contributed by atoms with Crippen molar-refractivity contribution in [2.75, 3.05) is 32.5 Å². The normalized spacial score (nSPS) is 20.4. The molecule has 1 fully saturated rings. The van der Waals surface area contributed by atoms with Gasteiger partial charge in [-0.05, 0) is 37.0 Å². The monoisotopic (exact) mass is 318 g/mol. The summed E-state index contributed by atoms with van der Waals surface area (Å²) in [5.74, 6) is 0.242. The van der Waals surface area contributed by atoms with Crippen molar-refractivity contribution in [2.45, 2.75) is 18.2 Å². The highest BCUT2D eigenvalue weighted by Crippen LogP contribution is 2.31. The number of nitrogen functional groups attached to an aromatic ring is 1. The molecule has 1 aromatic rings. The molecule has 112 valence electrons. The summed E-state index contributed by atoms with van der Waals surface area (Å²) < 4.78 is 31.9. The molecule has 20 heavy (non-hydrogen) atoms. The zero-order valence-electron chi connectivity index (χ0n) is 11.6. The molecule has 5 nitrogen and oxygen atoms in total. The molecule has 0 spiro atoms. The fraction of sp³-hybridized carbons (Fsp3) is 0.538. The molecule has 1 unspecified atom stereocenters. The maximum absolute atomic E-state index is 12.7. The lowest BCUT2D eigenvalue weighted by atomic mass is 10.1. The average Bonchev–Trinajstić information content (AvgIpc) is 2.83. The lowest BCUT2D eigenvalue weighted by molar-refractivity contribution is 0.157. The van der Waals surface area contributed by atoms with Gasteiger partial charge in [-0.25, -0.2) is 8.42 Å². The third-order valence-electron chi connectivity index (χ3n) is 3.63. The quantitative estimate of drug-likeness (QED) is 0.860. The van der Waals surface area contributed by atoms with Gasteiger partial charge in [0, 0.05) is 30.9 Å². The molecule has 2 N–H and O–H groups in total. The van der Waals surface area contributed by atoms with Crippen LogP contribution in [0, 0.1) is 12.8 Å². The molecule has 0 aliphatic carbocycles. The molecule has 2 rings (SSSR count). The second kappa shape index (κ2) is 5.89. The maximum atomic E-state index is 12.7. The van der Waals surface area contributed by atoms with Crippen LogP contribution in [0.15, 0.2) is 17.0 Å². The molecule has 0 aromatic heterocycles. The van der Waals surface area contributed by atoms with E-state index in [9.17, 15) is 8.42 Å². The molecule has 1 aliphatic heterocycles. The third-order valence-corrected chi connectivity index (χ3v) is 5.84. The topological polar surface area (TPSA) is 72.6 Å². The molecule has 7 heteroatoms. The van der Waals surface area contributed by atoms with Crippen LogP contribution in [0.25, 0.3) is 0 Å². The number of hydrogen-bond donors (Lipinski definition) is 1. The van der Waals surface area contributed by atoms with E-state index in [2.05, 4.69) is 0 Å². The number of nitrogens with zero attached hydrogens (tertiary/aromatic N) is 1. The Morgan fingerprint density at radius 3 is 2.85 bits per heavy atom. The number of halogens is 1. The number of benzene rings is 1. The Bertz CT molecular complexity index is 604. The first-order chi connectivity index (χ1) is 9.36. The van der Waals surface area contributed by atoms with E-state index in [0.29, 0.717) is 36.0 Å². The average molecular weight is 319 g/mol. The minimum absolute atomic E-state index is 0.195. The first kappa shape index (κ1) is 15.6. The summed E-state index contributed by atoms with van der Waals surface area (Å²) in [4.78, 5) is 0.195. The van der Waals surface area contributed by atoms with Gasteiger partial charge in [0.25, 0.3) is 0 Å². The Balaban J connectivity index is 2.32. The summed E-state index contributed by atoms with van der Waals surface area (Å²) >= 11 is 5.93. The Morgan fingerprint density at radius 1 is 1.50 bits per heavy atom. The number of sulfonamides is 1. The van der Waals surface area contributed by atoms with Gasteiger partial charge in [-0.2, -0.15) is 4.31 Å². The van der Waals surface area contributed by atoms with Crippen molar-refractivity contribution in [3.8, 4) is 0 Å². The van der Waals surface area contributed by atoms with E-state index < -0.39 is 10.0 Å². The molecule has 0 amide bonds. The Hall–Kier alpha value is -0.820. The summed E-state index contributed by atoms with van der Waals surface area (Å²) in [5, 5.41) is 0.333. The van der Waals surface area contributed by atoms with Crippen molar-refractivity contribution in [2.24, 2.45) is 5.92 Å². The summed E-state index contributed by atoms with van der Waals surface area (Å²) in [6, 6.07) is 3.03. The van der Waals surface area contributed by atoms with Crippen molar-refractivity contribution in [1.29, 1.82) is 0 Å². The van der Waals surface area contributed by atoms with Crippen LogP contribution < -0.4 is 5.73 Å². The lowest BCUT2D eigenvalue weighted by Gasteiger charge is -2.19. The van der Waals surface area contributed by atoms with Gasteiger partial charge < -0.3 is 10.5 Å². The number of methoxy groups -OCH3 is 1. The lowest BCUT2D eigenvalue weighted by Crippen LogP contribution is -2.30. The molecule has 1 heterocycles. The minimum Gasteiger partial charge on any atom is -0.398 e. The van der Waals surface area contributed by atoms with Gasteiger partial charge in [0.1, 0.15) is 0 Å². The zero-order chi connectivity index (χ0) is 14.9. The van der Waals surface area contributed by atoms with E-state index >= 15 is 0 Å². The zero-order valence-corrected chi connectivity index (χ0v) is 13.2. The van der Waals surface area contributed by atoms with Gasteiger partial charge in [-0.15, -0.1) is 0 Å². The number of ether oxygens (including phenoxy) is 1. The van der Waals surface area contributed by atoms with Crippen LogP contribution in [0.2, 0.25) is 5.02 Å².